The van der Waals surface area contributed by atoms with E-state index < -0.39 is 0 Å². The van der Waals surface area contributed by atoms with Gasteiger partial charge in [-0.1, -0.05) is 0 Å². The van der Waals surface area contributed by atoms with E-state index in [-0.39, 0.29) is 0 Å². The second-order valence-electron chi connectivity index (χ2n) is 3.54. The Morgan fingerprint density at radius 2 is 2.42 bits per heavy atom. The van der Waals surface area contributed by atoms with Crippen LogP contribution in [0.4, 0.5) is 0 Å². The summed E-state index contributed by atoms with van der Waals surface area (Å²) < 4.78 is 0. The quantitative estimate of drug-likeness (QED) is 0.695. The molecule has 0 radical (unpaired) electrons. The Labute approximate surface area is 72.4 Å². The third kappa shape index (κ3) is 1.85. The van der Waals surface area contributed by atoms with Gasteiger partial charge in [-0.15, -0.1) is 0 Å². The lowest BCUT2D eigenvalue weighted by molar-refractivity contribution is 0.801. The van der Waals surface area contributed by atoms with Crippen LogP contribution in [0.5, 0.6) is 0 Å². The maximum atomic E-state index is 5.42. The molecule has 12 heavy (non-hydrogen) atoms. The van der Waals surface area contributed by atoms with Crippen molar-refractivity contribution in [2.75, 3.05) is 6.54 Å². The molecule has 1 heterocycles. The maximum absolute atomic E-state index is 5.42. The predicted molar refractivity (Wildman–Crippen MR) is 47.8 cm³/mol. The standard InChI is InChI=1S/C9H15N3/c10-4-3-9-11-6-8(12-9)5-7-1-2-7/h6-7H,1-5,10H2,(H,11,12). The molecule has 1 saturated carbocycles. The molecule has 0 aromatic carbocycles. The summed E-state index contributed by atoms with van der Waals surface area (Å²) in [6.07, 6.45) is 6.78. The zero-order chi connectivity index (χ0) is 8.39. The van der Waals surface area contributed by atoms with Gasteiger partial charge in [0.25, 0.3) is 0 Å². The molecule has 3 N–H and O–H groups in total. The second kappa shape index (κ2) is 3.27. The zero-order valence-electron chi connectivity index (χ0n) is 7.21. The summed E-state index contributed by atoms with van der Waals surface area (Å²) in [4.78, 5) is 7.55. The molecule has 3 heteroatoms. The van der Waals surface area contributed by atoms with Gasteiger partial charge in [0.05, 0.1) is 0 Å². The van der Waals surface area contributed by atoms with Crippen molar-refractivity contribution in [3.63, 3.8) is 0 Å². The molecule has 0 spiro atoms. The summed E-state index contributed by atoms with van der Waals surface area (Å²) in [5.74, 6) is 1.96. The first-order chi connectivity index (χ1) is 5.88. The summed E-state index contributed by atoms with van der Waals surface area (Å²) in [7, 11) is 0. The highest BCUT2D eigenvalue weighted by molar-refractivity contribution is 5.04. The van der Waals surface area contributed by atoms with Crippen molar-refractivity contribution in [1.82, 2.24) is 9.97 Å². The molecule has 1 aliphatic rings. The Balaban J connectivity index is 1.92. The van der Waals surface area contributed by atoms with Crippen LogP contribution >= 0.6 is 0 Å². The molecule has 3 nitrogen and oxygen atoms in total. The zero-order valence-corrected chi connectivity index (χ0v) is 7.21. The van der Waals surface area contributed by atoms with Crippen molar-refractivity contribution in [1.29, 1.82) is 0 Å². The number of nitrogens with two attached hydrogens (primary N) is 1. The summed E-state index contributed by atoms with van der Waals surface area (Å²) in [6.45, 7) is 0.677. The Hall–Kier alpha value is -0.830. The summed E-state index contributed by atoms with van der Waals surface area (Å²) >= 11 is 0. The number of nitrogens with one attached hydrogen (secondary N) is 1. The van der Waals surface area contributed by atoms with Crippen molar-refractivity contribution in [3.05, 3.63) is 17.7 Å². The van der Waals surface area contributed by atoms with Gasteiger partial charge in [0.15, 0.2) is 0 Å². The van der Waals surface area contributed by atoms with Crippen molar-refractivity contribution in [2.45, 2.75) is 25.7 Å². The van der Waals surface area contributed by atoms with Gasteiger partial charge in [-0.05, 0) is 31.7 Å². The highest BCUT2D eigenvalue weighted by Gasteiger charge is 2.22. The normalized spacial score (nSPS) is 16.8. The van der Waals surface area contributed by atoms with Crippen LogP contribution in [-0.2, 0) is 12.8 Å². The van der Waals surface area contributed by atoms with Crippen molar-refractivity contribution in [2.24, 2.45) is 11.7 Å². The first kappa shape index (κ1) is 7.80. The molecule has 1 fully saturated rings. The van der Waals surface area contributed by atoms with Crippen LogP contribution in [-0.4, -0.2) is 16.5 Å². The Kier molecular flexibility index (Phi) is 2.13. The van der Waals surface area contributed by atoms with E-state index in [1.54, 1.807) is 0 Å². The molecular weight excluding hydrogens is 150 g/mol. The van der Waals surface area contributed by atoms with Gasteiger partial charge in [0.2, 0.25) is 0 Å². The van der Waals surface area contributed by atoms with E-state index >= 15 is 0 Å². The number of hydrogen-bond acceptors (Lipinski definition) is 2. The first-order valence-electron chi connectivity index (χ1n) is 4.61. The lowest BCUT2D eigenvalue weighted by Crippen LogP contribution is -2.04. The number of aromatic amines is 1. The van der Waals surface area contributed by atoms with Crippen molar-refractivity contribution < 1.29 is 0 Å². The highest BCUT2D eigenvalue weighted by atomic mass is 14.9. The number of rotatable bonds is 4. The van der Waals surface area contributed by atoms with Crippen LogP contribution in [0.1, 0.15) is 24.4 Å². The molecule has 66 valence electrons. The fourth-order valence-corrected chi connectivity index (χ4v) is 1.41. The topological polar surface area (TPSA) is 54.7 Å². The average molecular weight is 165 g/mol. The molecular formula is C9H15N3. The molecule has 1 aromatic rings. The van der Waals surface area contributed by atoms with Crippen LogP contribution in [0, 0.1) is 5.92 Å². The van der Waals surface area contributed by atoms with Gasteiger partial charge in [-0.2, -0.15) is 0 Å². The van der Waals surface area contributed by atoms with Gasteiger partial charge in [-0.25, -0.2) is 4.98 Å². The van der Waals surface area contributed by atoms with E-state index in [9.17, 15) is 0 Å². The Bertz CT molecular complexity index is 250. The first-order valence-corrected chi connectivity index (χ1v) is 4.61. The molecule has 1 aliphatic carbocycles. The average Bonchev–Trinajstić information content (AvgIpc) is 2.74. The third-order valence-electron chi connectivity index (χ3n) is 2.27. The number of H-pyrrole nitrogens is 1. The van der Waals surface area contributed by atoms with Crippen LogP contribution in [0.2, 0.25) is 0 Å². The lowest BCUT2D eigenvalue weighted by Gasteiger charge is -1.92. The third-order valence-corrected chi connectivity index (χ3v) is 2.27. The van der Waals surface area contributed by atoms with Crippen molar-refractivity contribution >= 4 is 0 Å². The van der Waals surface area contributed by atoms with Crippen LogP contribution < -0.4 is 5.73 Å². The second-order valence-corrected chi connectivity index (χ2v) is 3.54. The van der Waals surface area contributed by atoms with E-state index in [0.717, 1.165) is 18.2 Å². The molecule has 0 saturated heterocycles. The lowest BCUT2D eigenvalue weighted by atomic mass is 10.2. The number of hydrogen-bond donors (Lipinski definition) is 2. The predicted octanol–water partition coefficient (Wildman–Crippen LogP) is 0.863. The van der Waals surface area contributed by atoms with Gasteiger partial charge < -0.3 is 10.7 Å². The number of nitrogens with zero attached hydrogens (tertiary/aromatic N) is 1. The molecule has 1 aromatic heterocycles. The molecule has 0 aliphatic heterocycles. The largest absolute Gasteiger partial charge is 0.346 e. The molecule has 0 atom stereocenters. The number of imidazole rings is 1. The van der Waals surface area contributed by atoms with Crippen LogP contribution in [0.25, 0.3) is 0 Å². The fraction of sp³-hybridized carbons (Fsp3) is 0.667. The SMILES string of the molecule is NCCc1ncc(CC2CC2)[nH]1. The van der Waals surface area contributed by atoms with Gasteiger partial charge >= 0.3 is 0 Å². The summed E-state index contributed by atoms with van der Waals surface area (Å²) in [5, 5.41) is 0. The van der Waals surface area contributed by atoms with Crippen molar-refractivity contribution in [3.8, 4) is 0 Å². The van der Waals surface area contributed by atoms with E-state index in [1.165, 1.54) is 25.0 Å². The molecule has 0 unspecified atom stereocenters. The van der Waals surface area contributed by atoms with E-state index in [4.69, 9.17) is 5.73 Å². The van der Waals surface area contributed by atoms with E-state index in [2.05, 4.69) is 9.97 Å². The Morgan fingerprint density at radius 1 is 1.58 bits per heavy atom. The van der Waals surface area contributed by atoms with Crippen LogP contribution in [0.15, 0.2) is 6.20 Å². The van der Waals surface area contributed by atoms with Crippen LogP contribution in [0.3, 0.4) is 0 Å². The minimum absolute atomic E-state index is 0.677. The fourth-order valence-electron chi connectivity index (χ4n) is 1.41. The minimum atomic E-state index is 0.677. The monoisotopic (exact) mass is 165 g/mol. The summed E-state index contributed by atoms with van der Waals surface area (Å²) in [6, 6.07) is 0. The Morgan fingerprint density at radius 3 is 3.08 bits per heavy atom. The molecule has 0 amide bonds. The van der Waals surface area contributed by atoms with Gasteiger partial charge in [-0.3, -0.25) is 0 Å². The minimum Gasteiger partial charge on any atom is -0.346 e. The van der Waals surface area contributed by atoms with Gasteiger partial charge in [0.1, 0.15) is 5.82 Å². The van der Waals surface area contributed by atoms with Gasteiger partial charge in [0, 0.05) is 18.3 Å². The summed E-state index contributed by atoms with van der Waals surface area (Å²) in [5.41, 5.74) is 6.70. The maximum Gasteiger partial charge on any atom is 0.107 e. The van der Waals surface area contributed by atoms with E-state index in [1.807, 2.05) is 6.20 Å². The number of aromatic nitrogens is 2. The highest BCUT2D eigenvalue weighted by Crippen LogP contribution is 2.31. The molecule has 2 rings (SSSR count). The molecule has 0 bridgehead atoms. The van der Waals surface area contributed by atoms with E-state index in [0.29, 0.717) is 6.54 Å². The smallest absolute Gasteiger partial charge is 0.107 e.